The molecule has 0 saturated carbocycles. The van der Waals surface area contributed by atoms with Gasteiger partial charge in [-0.05, 0) is 24.4 Å². The van der Waals surface area contributed by atoms with Crippen molar-refractivity contribution < 1.29 is 13.6 Å². The van der Waals surface area contributed by atoms with Crippen molar-refractivity contribution in [2.45, 2.75) is 18.9 Å². The lowest BCUT2D eigenvalue weighted by molar-refractivity contribution is 0.315. The largest absolute Gasteiger partial charge is 0.409 e. The predicted molar refractivity (Wildman–Crippen MR) is 82.0 cm³/mol. The van der Waals surface area contributed by atoms with Crippen LogP contribution in [0.3, 0.4) is 0 Å². The van der Waals surface area contributed by atoms with Crippen LogP contribution in [0.2, 0.25) is 0 Å². The summed E-state index contributed by atoms with van der Waals surface area (Å²) >= 11 is 0. The molecule has 0 aromatic heterocycles. The molecule has 116 valence electrons. The Bertz CT molecular complexity index is 587. The standard InChI is InChI=1S/C14H21N3O3S/c15-14(17-18)8-13(12-4-2-1-3-5-12)16-9-11-6-7-21(19,20)10-11/h1-5,11,13,16,18H,6-10H2,(H2,15,17). The second-order valence-corrected chi connectivity index (χ2v) is 7.66. The Kier molecular flexibility index (Phi) is 5.19. The minimum atomic E-state index is -2.86. The normalized spacial score (nSPS) is 23.0. The summed E-state index contributed by atoms with van der Waals surface area (Å²) in [6.45, 7) is 0.609. The van der Waals surface area contributed by atoms with Crippen molar-refractivity contribution >= 4 is 15.7 Å². The van der Waals surface area contributed by atoms with E-state index in [1.54, 1.807) is 0 Å². The topological polar surface area (TPSA) is 105 Å². The zero-order chi connectivity index (χ0) is 15.3. The highest BCUT2D eigenvalue weighted by Crippen LogP contribution is 2.21. The maximum Gasteiger partial charge on any atom is 0.150 e. The maximum absolute atomic E-state index is 11.5. The summed E-state index contributed by atoms with van der Waals surface area (Å²) in [5.41, 5.74) is 6.63. The van der Waals surface area contributed by atoms with Crippen molar-refractivity contribution in [1.82, 2.24) is 5.32 Å². The first-order valence-corrected chi connectivity index (χ1v) is 8.77. The molecule has 6 nitrogen and oxygen atoms in total. The van der Waals surface area contributed by atoms with Crippen molar-refractivity contribution in [3.05, 3.63) is 35.9 Å². The van der Waals surface area contributed by atoms with Gasteiger partial charge in [0.2, 0.25) is 0 Å². The molecule has 1 fully saturated rings. The van der Waals surface area contributed by atoms with Gasteiger partial charge in [-0.2, -0.15) is 0 Å². The number of amidine groups is 1. The Labute approximate surface area is 125 Å². The van der Waals surface area contributed by atoms with Crippen LogP contribution in [0.1, 0.15) is 24.4 Å². The molecule has 1 heterocycles. The Morgan fingerprint density at radius 1 is 1.43 bits per heavy atom. The highest BCUT2D eigenvalue weighted by molar-refractivity contribution is 7.91. The third kappa shape index (κ3) is 4.71. The second kappa shape index (κ2) is 6.91. The van der Waals surface area contributed by atoms with E-state index in [1.165, 1.54) is 0 Å². The molecule has 2 unspecified atom stereocenters. The summed E-state index contributed by atoms with van der Waals surface area (Å²) in [5, 5.41) is 15.1. The van der Waals surface area contributed by atoms with Crippen molar-refractivity contribution in [3.63, 3.8) is 0 Å². The van der Waals surface area contributed by atoms with Crippen LogP contribution in [-0.4, -0.2) is 37.5 Å². The van der Waals surface area contributed by atoms with Gasteiger partial charge in [0.25, 0.3) is 0 Å². The third-order valence-electron chi connectivity index (χ3n) is 3.72. The summed E-state index contributed by atoms with van der Waals surface area (Å²) in [6.07, 6.45) is 1.07. The third-order valence-corrected chi connectivity index (χ3v) is 5.56. The number of nitrogens with one attached hydrogen (secondary N) is 1. The monoisotopic (exact) mass is 311 g/mol. The Hall–Kier alpha value is -1.60. The molecule has 21 heavy (non-hydrogen) atoms. The molecule has 4 N–H and O–H groups in total. The van der Waals surface area contributed by atoms with Crippen LogP contribution in [0.25, 0.3) is 0 Å². The van der Waals surface area contributed by atoms with E-state index in [0.29, 0.717) is 19.4 Å². The molecule has 2 atom stereocenters. The number of sulfone groups is 1. The fourth-order valence-corrected chi connectivity index (χ4v) is 4.45. The first kappa shape index (κ1) is 15.8. The maximum atomic E-state index is 11.5. The van der Waals surface area contributed by atoms with E-state index in [4.69, 9.17) is 10.9 Å². The molecular formula is C14H21N3O3S. The van der Waals surface area contributed by atoms with Crippen molar-refractivity contribution in [2.75, 3.05) is 18.1 Å². The predicted octanol–water partition coefficient (Wildman–Crippen LogP) is 0.889. The number of hydrogen-bond donors (Lipinski definition) is 3. The number of oxime groups is 1. The fourth-order valence-electron chi connectivity index (χ4n) is 2.59. The summed E-state index contributed by atoms with van der Waals surface area (Å²) in [6, 6.07) is 9.62. The SMILES string of the molecule is NC(CC(NCC1CCS(=O)(=O)C1)c1ccccc1)=NO. The molecule has 1 aliphatic rings. The number of hydrogen-bond acceptors (Lipinski definition) is 5. The lowest BCUT2D eigenvalue weighted by atomic mass is 10.0. The smallest absolute Gasteiger partial charge is 0.150 e. The van der Waals surface area contributed by atoms with E-state index in [0.717, 1.165) is 5.56 Å². The van der Waals surface area contributed by atoms with Gasteiger partial charge in [-0.1, -0.05) is 35.5 Å². The van der Waals surface area contributed by atoms with Crippen LogP contribution in [0.5, 0.6) is 0 Å². The zero-order valence-corrected chi connectivity index (χ0v) is 12.6. The average Bonchev–Trinajstić information content (AvgIpc) is 2.83. The van der Waals surface area contributed by atoms with Gasteiger partial charge in [-0.3, -0.25) is 0 Å². The highest BCUT2D eigenvalue weighted by Gasteiger charge is 2.28. The first-order chi connectivity index (χ1) is 10.00. The van der Waals surface area contributed by atoms with Gasteiger partial charge in [0.15, 0.2) is 9.84 Å². The van der Waals surface area contributed by atoms with Gasteiger partial charge >= 0.3 is 0 Å². The molecular weight excluding hydrogens is 290 g/mol. The summed E-state index contributed by atoms with van der Waals surface area (Å²) in [7, 11) is -2.86. The number of rotatable bonds is 6. The van der Waals surface area contributed by atoms with Crippen LogP contribution in [0, 0.1) is 5.92 Å². The van der Waals surface area contributed by atoms with Crippen LogP contribution in [0.4, 0.5) is 0 Å². The van der Waals surface area contributed by atoms with Gasteiger partial charge in [-0.25, -0.2) is 8.42 Å². The molecule has 1 aliphatic heterocycles. The lowest BCUT2D eigenvalue weighted by Gasteiger charge is -2.20. The van der Waals surface area contributed by atoms with Crippen LogP contribution in [-0.2, 0) is 9.84 Å². The minimum absolute atomic E-state index is 0.0922. The molecule has 0 amide bonds. The second-order valence-electron chi connectivity index (χ2n) is 5.44. The average molecular weight is 311 g/mol. The molecule has 0 radical (unpaired) electrons. The van der Waals surface area contributed by atoms with Crippen LogP contribution in [0.15, 0.2) is 35.5 Å². The van der Waals surface area contributed by atoms with Gasteiger partial charge in [0.05, 0.1) is 11.5 Å². The summed E-state index contributed by atoms with van der Waals surface area (Å²) in [4.78, 5) is 0. The summed E-state index contributed by atoms with van der Waals surface area (Å²) < 4.78 is 23.0. The van der Waals surface area contributed by atoms with E-state index >= 15 is 0 Å². The Morgan fingerprint density at radius 2 is 2.14 bits per heavy atom. The van der Waals surface area contributed by atoms with Crippen molar-refractivity contribution in [2.24, 2.45) is 16.8 Å². The molecule has 1 aromatic rings. The Balaban J connectivity index is 2.00. The molecule has 0 spiro atoms. The molecule has 2 rings (SSSR count). The molecule has 1 aromatic carbocycles. The molecule has 0 bridgehead atoms. The van der Waals surface area contributed by atoms with Crippen molar-refractivity contribution in [1.29, 1.82) is 0 Å². The molecule has 1 saturated heterocycles. The zero-order valence-electron chi connectivity index (χ0n) is 11.8. The molecule has 7 heteroatoms. The van der Waals surface area contributed by atoms with Gasteiger partial charge < -0.3 is 16.3 Å². The van der Waals surface area contributed by atoms with Crippen LogP contribution >= 0.6 is 0 Å². The Morgan fingerprint density at radius 3 is 2.71 bits per heavy atom. The quantitative estimate of drug-likeness (QED) is 0.313. The number of nitrogens with two attached hydrogens (primary N) is 1. The van der Waals surface area contributed by atoms with Gasteiger partial charge in [-0.15, -0.1) is 0 Å². The van der Waals surface area contributed by atoms with Gasteiger partial charge in [0, 0.05) is 12.5 Å². The van der Waals surface area contributed by atoms with E-state index in [-0.39, 0.29) is 29.3 Å². The van der Waals surface area contributed by atoms with E-state index in [9.17, 15) is 8.42 Å². The van der Waals surface area contributed by atoms with Gasteiger partial charge in [0.1, 0.15) is 5.84 Å². The highest BCUT2D eigenvalue weighted by atomic mass is 32.2. The number of benzene rings is 1. The summed E-state index contributed by atoms with van der Waals surface area (Å²) in [5.74, 6) is 0.796. The van der Waals surface area contributed by atoms with E-state index < -0.39 is 9.84 Å². The first-order valence-electron chi connectivity index (χ1n) is 6.95. The fraction of sp³-hybridized carbons (Fsp3) is 0.500. The van der Waals surface area contributed by atoms with E-state index in [1.807, 2.05) is 30.3 Å². The number of nitrogens with zero attached hydrogens (tertiary/aromatic N) is 1. The minimum Gasteiger partial charge on any atom is -0.409 e. The van der Waals surface area contributed by atoms with Crippen molar-refractivity contribution in [3.8, 4) is 0 Å². The molecule has 0 aliphatic carbocycles. The lowest BCUT2D eigenvalue weighted by Crippen LogP contribution is -2.31. The van der Waals surface area contributed by atoms with E-state index in [2.05, 4.69) is 10.5 Å². The van der Waals surface area contributed by atoms with Crippen LogP contribution < -0.4 is 11.1 Å².